The van der Waals surface area contributed by atoms with Crippen LogP contribution in [-0.2, 0) is 6.42 Å². The van der Waals surface area contributed by atoms with Crippen molar-refractivity contribution >= 4 is 0 Å². The first-order valence-electron chi connectivity index (χ1n) is 6.88. The number of hydrogen-bond donors (Lipinski definition) is 1. The van der Waals surface area contributed by atoms with Crippen LogP contribution >= 0.6 is 0 Å². The van der Waals surface area contributed by atoms with Crippen molar-refractivity contribution in [2.24, 2.45) is 0 Å². The summed E-state index contributed by atoms with van der Waals surface area (Å²) in [6.45, 7) is 1.85. The van der Waals surface area contributed by atoms with Crippen LogP contribution in [0.15, 0.2) is 41.1 Å². The SMILES string of the molecule is c1ccc(Cc2noc(-c3cn(C4CNC4)nn3)n2)cc1. The fourth-order valence-electron chi connectivity index (χ4n) is 2.22. The van der Waals surface area contributed by atoms with Crippen LogP contribution in [0.1, 0.15) is 17.4 Å². The van der Waals surface area contributed by atoms with E-state index in [2.05, 4.69) is 25.8 Å². The third-order valence-electron chi connectivity index (χ3n) is 3.54. The fraction of sp³-hybridized carbons (Fsp3) is 0.286. The van der Waals surface area contributed by atoms with Crippen LogP contribution in [0, 0.1) is 0 Å². The molecule has 1 aliphatic rings. The van der Waals surface area contributed by atoms with E-state index in [-0.39, 0.29) is 0 Å². The second kappa shape index (κ2) is 5.10. The minimum absolute atomic E-state index is 0.373. The van der Waals surface area contributed by atoms with Crippen LogP contribution in [0.5, 0.6) is 0 Å². The molecule has 1 aromatic carbocycles. The lowest BCUT2D eigenvalue weighted by atomic mass is 10.1. The third kappa shape index (κ3) is 2.43. The molecular formula is C14H14N6O. The molecule has 7 heteroatoms. The monoisotopic (exact) mass is 282 g/mol. The molecule has 1 aliphatic heterocycles. The summed E-state index contributed by atoms with van der Waals surface area (Å²) >= 11 is 0. The Bertz CT molecular complexity index is 731. The number of nitrogens with one attached hydrogen (secondary N) is 1. The van der Waals surface area contributed by atoms with Gasteiger partial charge in [0.15, 0.2) is 11.5 Å². The van der Waals surface area contributed by atoms with Crippen LogP contribution in [0.3, 0.4) is 0 Å². The fourth-order valence-corrected chi connectivity index (χ4v) is 2.22. The molecule has 106 valence electrons. The predicted octanol–water partition coefficient (Wildman–Crippen LogP) is 1.06. The summed E-state index contributed by atoms with van der Waals surface area (Å²) in [6, 6.07) is 10.4. The van der Waals surface area contributed by atoms with Crippen molar-refractivity contribution in [1.82, 2.24) is 30.5 Å². The average molecular weight is 282 g/mol. The van der Waals surface area contributed by atoms with Crippen LogP contribution in [0.4, 0.5) is 0 Å². The van der Waals surface area contributed by atoms with E-state index >= 15 is 0 Å². The highest BCUT2D eigenvalue weighted by Crippen LogP contribution is 2.18. The molecule has 0 unspecified atom stereocenters. The molecule has 2 aromatic heterocycles. The van der Waals surface area contributed by atoms with Crippen LogP contribution in [0.2, 0.25) is 0 Å². The Kier molecular flexibility index (Phi) is 2.97. The zero-order valence-electron chi connectivity index (χ0n) is 11.3. The second-order valence-electron chi connectivity index (χ2n) is 5.07. The quantitative estimate of drug-likeness (QED) is 0.770. The highest BCUT2D eigenvalue weighted by atomic mass is 16.5. The molecule has 21 heavy (non-hydrogen) atoms. The van der Waals surface area contributed by atoms with E-state index in [1.165, 1.54) is 0 Å². The predicted molar refractivity (Wildman–Crippen MR) is 74.5 cm³/mol. The van der Waals surface area contributed by atoms with E-state index < -0.39 is 0 Å². The molecule has 1 fully saturated rings. The first-order valence-corrected chi connectivity index (χ1v) is 6.88. The lowest BCUT2D eigenvalue weighted by molar-refractivity contribution is 0.313. The van der Waals surface area contributed by atoms with Crippen molar-refractivity contribution in [3.05, 3.63) is 47.9 Å². The number of rotatable bonds is 4. The third-order valence-corrected chi connectivity index (χ3v) is 3.54. The molecule has 0 bridgehead atoms. The van der Waals surface area contributed by atoms with Gasteiger partial charge in [-0.05, 0) is 5.56 Å². The van der Waals surface area contributed by atoms with Gasteiger partial charge in [-0.1, -0.05) is 40.7 Å². The summed E-state index contributed by atoms with van der Waals surface area (Å²) in [6.07, 6.45) is 2.50. The van der Waals surface area contributed by atoms with E-state index in [0.29, 0.717) is 29.9 Å². The van der Waals surface area contributed by atoms with E-state index in [4.69, 9.17) is 4.52 Å². The molecule has 3 aromatic rings. The van der Waals surface area contributed by atoms with Gasteiger partial charge in [-0.25, -0.2) is 4.68 Å². The van der Waals surface area contributed by atoms with Gasteiger partial charge in [0.2, 0.25) is 0 Å². The largest absolute Gasteiger partial charge is 0.332 e. The van der Waals surface area contributed by atoms with Gasteiger partial charge in [0.1, 0.15) is 0 Å². The van der Waals surface area contributed by atoms with Gasteiger partial charge in [0, 0.05) is 19.5 Å². The molecule has 7 nitrogen and oxygen atoms in total. The molecule has 4 rings (SSSR count). The molecule has 1 N–H and O–H groups in total. The van der Waals surface area contributed by atoms with Gasteiger partial charge < -0.3 is 9.84 Å². The van der Waals surface area contributed by atoms with Crippen LogP contribution in [-0.4, -0.2) is 38.2 Å². The molecule has 3 heterocycles. The number of aromatic nitrogens is 5. The summed E-state index contributed by atoms with van der Waals surface area (Å²) in [5, 5.41) is 15.4. The lowest BCUT2D eigenvalue weighted by Crippen LogP contribution is -2.43. The van der Waals surface area contributed by atoms with Gasteiger partial charge in [-0.2, -0.15) is 4.98 Å². The number of hydrogen-bond acceptors (Lipinski definition) is 6. The highest BCUT2D eigenvalue weighted by Gasteiger charge is 2.21. The van der Waals surface area contributed by atoms with E-state index in [1.54, 1.807) is 0 Å². The molecular weight excluding hydrogens is 268 g/mol. The van der Waals surface area contributed by atoms with Gasteiger partial charge in [-0.3, -0.25) is 0 Å². The van der Waals surface area contributed by atoms with Crippen LogP contribution < -0.4 is 5.32 Å². The summed E-state index contributed by atoms with van der Waals surface area (Å²) < 4.78 is 7.12. The molecule has 0 spiro atoms. The van der Waals surface area contributed by atoms with E-state index in [9.17, 15) is 0 Å². The molecule has 0 amide bonds. The second-order valence-corrected chi connectivity index (χ2v) is 5.07. The number of nitrogens with zero attached hydrogens (tertiary/aromatic N) is 5. The molecule has 0 atom stereocenters. The number of benzene rings is 1. The Morgan fingerprint density at radius 3 is 2.86 bits per heavy atom. The van der Waals surface area contributed by atoms with Crippen molar-refractivity contribution in [1.29, 1.82) is 0 Å². The van der Waals surface area contributed by atoms with Crippen molar-refractivity contribution in [2.45, 2.75) is 12.5 Å². The van der Waals surface area contributed by atoms with Crippen molar-refractivity contribution in [3.8, 4) is 11.6 Å². The molecule has 0 aliphatic carbocycles. The van der Waals surface area contributed by atoms with Crippen molar-refractivity contribution in [2.75, 3.05) is 13.1 Å². The summed E-state index contributed by atoms with van der Waals surface area (Å²) in [5.74, 6) is 1.07. The Labute approximate surface area is 121 Å². The molecule has 0 radical (unpaired) electrons. The van der Waals surface area contributed by atoms with Crippen LogP contribution in [0.25, 0.3) is 11.6 Å². The molecule has 1 saturated heterocycles. The Morgan fingerprint density at radius 1 is 1.24 bits per heavy atom. The van der Waals surface area contributed by atoms with E-state index in [0.717, 1.165) is 18.7 Å². The zero-order valence-corrected chi connectivity index (χ0v) is 11.3. The Hall–Kier alpha value is -2.54. The minimum Gasteiger partial charge on any atom is -0.332 e. The standard InChI is InChI=1S/C14H14N6O/c1-2-4-10(5-3-1)6-13-16-14(21-18-13)12-9-20(19-17-12)11-7-15-8-11/h1-5,9,11,15H,6-8H2. The minimum atomic E-state index is 0.373. The summed E-state index contributed by atoms with van der Waals surface area (Å²) in [7, 11) is 0. The van der Waals surface area contributed by atoms with Crippen molar-refractivity contribution in [3.63, 3.8) is 0 Å². The smallest absolute Gasteiger partial charge is 0.280 e. The average Bonchev–Trinajstić information content (AvgIpc) is 3.07. The maximum atomic E-state index is 5.28. The maximum absolute atomic E-state index is 5.28. The highest BCUT2D eigenvalue weighted by molar-refractivity contribution is 5.43. The molecule has 0 saturated carbocycles. The first kappa shape index (κ1) is 12.2. The summed E-state index contributed by atoms with van der Waals surface area (Å²) in [5.41, 5.74) is 1.77. The normalized spacial score (nSPS) is 15.0. The lowest BCUT2D eigenvalue weighted by Gasteiger charge is -2.26. The summed E-state index contributed by atoms with van der Waals surface area (Å²) in [4.78, 5) is 4.38. The van der Waals surface area contributed by atoms with Gasteiger partial charge in [-0.15, -0.1) is 5.10 Å². The zero-order chi connectivity index (χ0) is 14.1. The van der Waals surface area contributed by atoms with Gasteiger partial charge in [0.05, 0.1) is 12.2 Å². The topological polar surface area (TPSA) is 81.7 Å². The Morgan fingerprint density at radius 2 is 2.10 bits per heavy atom. The van der Waals surface area contributed by atoms with Gasteiger partial charge >= 0.3 is 0 Å². The maximum Gasteiger partial charge on any atom is 0.280 e. The van der Waals surface area contributed by atoms with Crippen molar-refractivity contribution < 1.29 is 4.52 Å². The van der Waals surface area contributed by atoms with E-state index in [1.807, 2.05) is 41.2 Å². The first-order chi connectivity index (χ1) is 10.4. The Balaban J connectivity index is 1.52. The van der Waals surface area contributed by atoms with Gasteiger partial charge in [0.25, 0.3) is 5.89 Å².